The third-order valence-corrected chi connectivity index (χ3v) is 3.90. The molecule has 0 amide bonds. The third kappa shape index (κ3) is 2.38. The lowest BCUT2D eigenvalue weighted by atomic mass is 9.78. The molecular formula is C17H14O6. The minimum Gasteiger partial charge on any atom is -0.496 e. The summed E-state index contributed by atoms with van der Waals surface area (Å²) in [5.74, 6) is -4.11. The van der Waals surface area contributed by atoms with Crippen LogP contribution in [0.4, 0.5) is 0 Å². The van der Waals surface area contributed by atoms with E-state index in [0.717, 1.165) is 0 Å². The second-order valence-corrected chi connectivity index (χ2v) is 5.14. The van der Waals surface area contributed by atoms with Gasteiger partial charge in [0.2, 0.25) is 0 Å². The first-order valence-corrected chi connectivity index (χ1v) is 6.94. The molecule has 1 heterocycles. The van der Waals surface area contributed by atoms with E-state index in [1.165, 1.54) is 7.11 Å². The monoisotopic (exact) mass is 314 g/mol. The predicted molar refractivity (Wildman–Crippen MR) is 80.1 cm³/mol. The molecule has 6 heteroatoms. The highest BCUT2D eigenvalue weighted by molar-refractivity contribution is 5.95. The van der Waals surface area contributed by atoms with Crippen molar-refractivity contribution >= 4 is 11.9 Å². The van der Waals surface area contributed by atoms with Crippen LogP contribution < -0.4 is 9.47 Å². The van der Waals surface area contributed by atoms with E-state index in [9.17, 15) is 19.8 Å². The van der Waals surface area contributed by atoms with E-state index in [1.807, 2.05) is 0 Å². The summed E-state index contributed by atoms with van der Waals surface area (Å²) in [5, 5.41) is 18.9. The van der Waals surface area contributed by atoms with Crippen LogP contribution in [-0.4, -0.2) is 29.3 Å². The van der Waals surface area contributed by atoms with Crippen molar-refractivity contribution in [2.45, 2.75) is 5.92 Å². The summed E-state index contributed by atoms with van der Waals surface area (Å²) in [5.41, 5.74) is 0.947. The average molecular weight is 314 g/mol. The SMILES string of the molecule is COc1cccc2c1C(C(C(=O)O)C(=O)O)c1ccccc1O2. The fourth-order valence-electron chi connectivity index (χ4n) is 2.94. The molecule has 0 spiro atoms. The van der Waals surface area contributed by atoms with E-state index in [4.69, 9.17) is 9.47 Å². The molecule has 0 bridgehead atoms. The van der Waals surface area contributed by atoms with Crippen LogP contribution in [0, 0.1) is 5.92 Å². The molecule has 0 saturated carbocycles. The van der Waals surface area contributed by atoms with E-state index in [1.54, 1.807) is 42.5 Å². The van der Waals surface area contributed by atoms with E-state index in [0.29, 0.717) is 28.4 Å². The van der Waals surface area contributed by atoms with Crippen molar-refractivity contribution in [3.63, 3.8) is 0 Å². The lowest BCUT2D eigenvalue weighted by molar-refractivity contribution is -0.155. The van der Waals surface area contributed by atoms with Crippen LogP contribution in [0.1, 0.15) is 17.0 Å². The number of rotatable bonds is 4. The molecule has 0 aliphatic carbocycles. The van der Waals surface area contributed by atoms with Crippen molar-refractivity contribution in [2.75, 3.05) is 7.11 Å². The molecule has 0 aromatic heterocycles. The van der Waals surface area contributed by atoms with Gasteiger partial charge in [-0.25, -0.2) is 0 Å². The molecule has 0 fully saturated rings. The van der Waals surface area contributed by atoms with Crippen LogP contribution >= 0.6 is 0 Å². The van der Waals surface area contributed by atoms with Gasteiger partial charge >= 0.3 is 11.9 Å². The van der Waals surface area contributed by atoms with Gasteiger partial charge in [-0.3, -0.25) is 9.59 Å². The molecular weight excluding hydrogens is 300 g/mol. The highest BCUT2D eigenvalue weighted by atomic mass is 16.5. The highest BCUT2D eigenvalue weighted by Crippen LogP contribution is 2.50. The van der Waals surface area contributed by atoms with Gasteiger partial charge in [-0.2, -0.15) is 0 Å². The second-order valence-electron chi connectivity index (χ2n) is 5.14. The van der Waals surface area contributed by atoms with Gasteiger partial charge in [0, 0.05) is 17.0 Å². The zero-order valence-corrected chi connectivity index (χ0v) is 12.2. The molecule has 0 radical (unpaired) electrons. The Kier molecular flexibility index (Phi) is 3.65. The molecule has 1 unspecified atom stereocenters. The maximum atomic E-state index is 11.6. The second kappa shape index (κ2) is 5.64. The lowest BCUT2D eigenvalue weighted by Crippen LogP contribution is -2.32. The van der Waals surface area contributed by atoms with Crippen molar-refractivity contribution < 1.29 is 29.3 Å². The van der Waals surface area contributed by atoms with Gasteiger partial charge in [0.25, 0.3) is 0 Å². The maximum absolute atomic E-state index is 11.6. The van der Waals surface area contributed by atoms with Gasteiger partial charge in [-0.05, 0) is 18.2 Å². The van der Waals surface area contributed by atoms with E-state index < -0.39 is 23.8 Å². The Hall–Kier alpha value is -3.02. The van der Waals surface area contributed by atoms with Crippen molar-refractivity contribution in [3.05, 3.63) is 53.6 Å². The quantitative estimate of drug-likeness (QED) is 0.843. The zero-order chi connectivity index (χ0) is 16.6. The molecule has 6 nitrogen and oxygen atoms in total. The predicted octanol–water partition coefficient (Wildman–Crippen LogP) is 2.72. The van der Waals surface area contributed by atoms with Crippen LogP contribution in [0.25, 0.3) is 0 Å². The minimum absolute atomic E-state index is 0.398. The topological polar surface area (TPSA) is 93.1 Å². The van der Waals surface area contributed by atoms with Crippen molar-refractivity contribution in [1.82, 2.24) is 0 Å². The van der Waals surface area contributed by atoms with Crippen molar-refractivity contribution in [3.8, 4) is 17.2 Å². The summed E-state index contributed by atoms with van der Waals surface area (Å²) in [6.45, 7) is 0. The minimum atomic E-state index is -1.64. The summed E-state index contributed by atoms with van der Waals surface area (Å²) >= 11 is 0. The van der Waals surface area contributed by atoms with Gasteiger partial charge in [-0.15, -0.1) is 0 Å². The van der Waals surface area contributed by atoms with Crippen molar-refractivity contribution in [2.24, 2.45) is 5.92 Å². The van der Waals surface area contributed by atoms with Crippen LogP contribution in [0.5, 0.6) is 17.2 Å². The molecule has 0 saturated heterocycles. The largest absolute Gasteiger partial charge is 0.496 e. The Morgan fingerprint density at radius 3 is 2.35 bits per heavy atom. The summed E-state index contributed by atoms with van der Waals surface area (Å²) in [6, 6.07) is 11.9. The Labute approximate surface area is 131 Å². The molecule has 2 aromatic rings. The first kappa shape index (κ1) is 14.9. The third-order valence-electron chi connectivity index (χ3n) is 3.90. The number of aliphatic carboxylic acids is 2. The molecule has 118 valence electrons. The number of carbonyl (C=O) groups is 2. The summed E-state index contributed by atoms with van der Waals surface area (Å²) in [4.78, 5) is 23.2. The molecule has 3 rings (SSSR count). The summed E-state index contributed by atoms with van der Waals surface area (Å²) in [6.07, 6.45) is 0. The van der Waals surface area contributed by atoms with Gasteiger partial charge in [0.15, 0.2) is 5.92 Å². The van der Waals surface area contributed by atoms with Crippen LogP contribution in [0.15, 0.2) is 42.5 Å². The van der Waals surface area contributed by atoms with Gasteiger partial charge < -0.3 is 19.7 Å². The van der Waals surface area contributed by atoms with Crippen LogP contribution in [0.2, 0.25) is 0 Å². The zero-order valence-electron chi connectivity index (χ0n) is 12.2. The smallest absolute Gasteiger partial charge is 0.318 e. The van der Waals surface area contributed by atoms with E-state index in [2.05, 4.69) is 0 Å². The first-order chi connectivity index (χ1) is 11.0. The van der Waals surface area contributed by atoms with Gasteiger partial charge in [0.05, 0.1) is 7.11 Å². The normalized spacial score (nSPS) is 15.3. The van der Waals surface area contributed by atoms with E-state index >= 15 is 0 Å². The molecule has 2 aromatic carbocycles. The number of fused-ring (bicyclic) bond motifs is 2. The van der Waals surface area contributed by atoms with Crippen molar-refractivity contribution in [1.29, 1.82) is 0 Å². The fourth-order valence-corrected chi connectivity index (χ4v) is 2.94. The number of carboxylic acids is 2. The fraction of sp³-hybridized carbons (Fsp3) is 0.176. The summed E-state index contributed by atoms with van der Waals surface area (Å²) in [7, 11) is 1.45. The molecule has 1 aliphatic heterocycles. The van der Waals surface area contributed by atoms with E-state index in [-0.39, 0.29) is 0 Å². The first-order valence-electron chi connectivity index (χ1n) is 6.94. The average Bonchev–Trinajstić information content (AvgIpc) is 2.53. The van der Waals surface area contributed by atoms with Gasteiger partial charge in [-0.1, -0.05) is 24.3 Å². The number of para-hydroxylation sites is 1. The Morgan fingerprint density at radius 1 is 1.04 bits per heavy atom. The lowest BCUT2D eigenvalue weighted by Gasteiger charge is -2.31. The number of hydrogen-bond acceptors (Lipinski definition) is 4. The highest BCUT2D eigenvalue weighted by Gasteiger charge is 2.43. The number of hydrogen-bond donors (Lipinski definition) is 2. The maximum Gasteiger partial charge on any atom is 0.318 e. The number of carboxylic acid groups (broad SMARTS) is 2. The number of methoxy groups -OCH3 is 1. The molecule has 1 aliphatic rings. The standard InChI is InChI=1S/C17H14O6/c1-22-11-7-4-8-12-14(11)13(15(16(18)19)17(20)21)9-5-2-3-6-10(9)23-12/h2-8,13,15H,1H3,(H,18,19)(H,20,21). The molecule has 1 atom stereocenters. The van der Waals surface area contributed by atoms with Crippen LogP contribution in [-0.2, 0) is 9.59 Å². The Balaban J connectivity index is 2.29. The molecule has 2 N–H and O–H groups in total. The number of ether oxygens (including phenoxy) is 2. The molecule has 23 heavy (non-hydrogen) atoms. The summed E-state index contributed by atoms with van der Waals surface area (Å²) < 4.78 is 11.1. The number of benzene rings is 2. The Bertz CT molecular complexity index is 768. The van der Waals surface area contributed by atoms with Gasteiger partial charge in [0.1, 0.15) is 17.2 Å². The van der Waals surface area contributed by atoms with Crippen LogP contribution in [0.3, 0.4) is 0 Å². The Morgan fingerprint density at radius 2 is 1.70 bits per heavy atom.